The first-order chi connectivity index (χ1) is 12.8. The molecule has 144 valence electrons. The fourth-order valence-corrected chi connectivity index (χ4v) is 4.95. The van der Waals surface area contributed by atoms with Crippen molar-refractivity contribution in [3.63, 3.8) is 0 Å². The van der Waals surface area contributed by atoms with Crippen LogP contribution in [0.25, 0.3) is 0 Å². The van der Waals surface area contributed by atoms with Crippen LogP contribution in [-0.4, -0.2) is 31.7 Å². The van der Waals surface area contributed by atoms with Crippen LogP contribution in [0.1, 0.15) is 46.3 Å². The molecule has 0 aromatic heterocycles. The molecule has 1 saturated heterocycles. The molecule has 0 spiro atoms. The monoisotopic (exact) mass is 386 g/mol. The first-order valence-electron chi connectivity index (χ1n) is 9.28. The van der Waals surface area contributed by atoms with Gasteiger partial charge in [-0.15, -0.1) is 0 Å². The molecule has 1 amide bonds. The number of amides is 1. The molecular weight excluding hydrogens is 360 g/mol. The van der Waals surface area contributed by atoms with Crippen LogP contribution in [0.4, 0.5) is 5.69 Å². The molecule has 0 saturated carbocycles. The summed E-state index contributed by atoms with van der Waals surface area (Å²) in [5, 5.41) is 2.91. The number of rotatable bonds is 4. The van der Waals surface area contributed by atoms with E-state index in [1.165, 1.54) is 10.4 Å². The molecule has 5 nitrogen and oxygen atoms in total. The van der Waals surface area contributed by atoms with Crippen molar-refractivity contribution in [1.82, 2.24) is 4.31 Å². The van der Waals surface area contributed by atoms with Gasteiger partial charge in [-0.25, -0.2) is 8.42 Å². The van der Waals surface area contributed by atoms with E-state index in [1.54, 1.807) is 12.1 Å². The Morgan fingerprint density at radius 1 is 0.926 bits per heavy atom. The first kappa shape index (κ1) is 19.6. The van der Waals surface area contributed by atoms with Gasteiger partial charge in [-0.05, 0) is 62.9 Å². The molecule has 6 heteroatoms. The van der Waals surface area contributed by atoms with Crippen molar-refractivity contribution in [2.24, 2.45) is 0 Å². The topological polar surface area (TPSA) is 66.5 Å². The Kier molecular flexibility index (Phi) is 5.67. The Morgan fingerprint density at radius 3 is 2.30 bits per heavy atom. The largest absolute Gasteiger partial charge is 0.322 e. The predicted octanol–water partition coefficient (Wildman–Crippen LogP) is 4.04. The third-order valence-electron chi connectivity index (χ3n) is 5.04. The fraction of sp³-hybridized carbons (Fsp3) is 0.381. The second-order valence-electron chi connectivity index (χ2n) is 7.21. The summed E-state index contributed by atoms with van der Waals surface area (Å²) in [6, 6.07) is 10.6. The van der Waals surface area contributed by atoms with Crippen LogP contribution in [-0.2, 0) is 10.0 Å². The highest BCUT2D eigenvalue weighted by molar-refractivity contribution is 7.89. The van der Waals surface area contributed by atoms with Gasteiger partial charge in [-0.3, -0.25) is 4.79 Å². The van der Waals surface area contributed by atoms with E-state index in [1.807, 2.05) is 39.0 Å². The number of carbonyl (C=O) groups is 1. The van der Waals surface area contributed by atoms with Gasteiger partial charge in [0.15, 0.2) is 0 Å². The summed E-state index contributed by atoms with van der Waals surface area (Å²) in [5.74, 6) is -0.296. The molecule has 1 heterocycles. The minimum absolute atomic E-state index is 0.181. The number of nitrogens with one attached hydrogen (secondary N) is 1. The number of benzene rings is 2. The number of carbonyl (C=O) groups excluding carboxylic acids is 1. The summed E-state index contributed by atoms with van der Waals surface area (Å²) in [6.07, 6.45) is 2.82. The molecule has 2 aromatic carbocycles. The molecule has 0 bridgehead atoms. The number of piperidine rings is 1. The zero-order chi connectivity index (χ0) is 19.6. The lowest BCUT2D eigenvalue weighted by atomic mass is 10.1. The number of hydrogen-bond donors (Lipinski definition) is 1. The van der Waals surface area contributed by atoms with E-state index in [4.69, 9.17) is 0 Å². The molecule has 0 atom stereocenters. The van der Waals surface area contributed by atoms with E-state index >= 15 is 0 Å². The number of aryl methyl sites for hydroxylation is 3. The summed E-state index contributed by atoms with van der Waals surface area (Å²) in [7, 11) is -3.57. The normalized spacial score (nSPS) is 15.5. The second-order valence-corrected chi connectivity index (χ2v) is 9.15. The number of anilines is 1. The van der Waals surface area contributed by atoms with E-state index in [0.29, 0.717) is 18.7 Å². The van der Waals surface area contributed by atoms with Gasteiger partial charge in [-0.2, -0.15) is 4.31 Å². The standard InChI is InChI=1S/C21H26N2O3S/c1-15-7-10-20(17(3)13-15)22-21(24)19-14-18(9-8-16(19)2)27(25,26)23-11-5-4-6-12-23/h7-10,13-14H,4-6,11-12H2,1-3H3,(H,22,24). The van der Waals surface area contributed by atoms with Gasteiger partial charge in [-0.1, -0.05) is 30.2 Å². The van der Waals surface area contributed by atoms with Crippen LogP contribution < -0.4 is 5.32 Å². The highest BCUT2D eigenvalue weighted by Crippen LogP contribution is 2.24. The van der Waals surface area contributed by atoms with Gasteiger partial charge in [0.05, 0.1) is 4.90 Å². The van der Waals surface area contributed by atoms with E-state index in [0.717, 1.165) is 41.6 Å². The summed E-state index contributed by atoms with van der Waals surface area (Å²) in [6.45, 7) is 6.83. The van der Waals surface area contributed by atoms with E-state index in [9.17, 15) is 13.2 Å². The zero-order valence-corrected chi connectivity index (χ0v) is 16.9. The Morgan fingerprint density at radius 2 is 1.63 bits per heavy atom. The smallest absolute Gasteiger partial charge is 0.255 e. The van der Waals surface area contributed by atoms with Crippen LogP contribution in [0, 0.1) is 20.8 Å². The summed E-state index contributed by atoms with van der Waals surface area (Å²) >= 11 is 0. The van der Waals surface area contributed by atoms with Crippen molar-refractivity contribution in [2.45, 2.75) is 44.9 Å². The highest BCUT2D eigenvalue weighted by atomic mass is 32.2. The maximum atomic E-state index is 12.9. The lowest BCUT2D eigenvalue weighted by molar-refractivity contribution is 0.102. The van der Waals surface area contributed by atoms with E-state index in [-0.39, 0.29) is 10.8 Å². The van der Waals surface area contributed by atoms with Crippen molar-refractivity contribution in [3.8, 4) is 0 Å². The molecule has 2 aromatic rings. The number of hydrogen-bond acceptors (Lipinski definition) is 3. The Balaban J connectivity index is 1.89. The summed E-state index contributed by atoms with van der Waals surface area (Å²) < 4.78 is 27.4. The molecular formula is C21H26N2O3S. The average Bonchev–Trinajstić information content (AvgIpc) is 2.65. The van der Waals surface area contributed by atoms with Gasteiger partial charge in [0.25, 0.3) is 5.91 Å². The number of sulfonamides is 1. The molecule has 1 aliphatic rings. The van der Waals surface area contributed by atoms with Crippen molar-refractivity contribution < 1.29 is 13.2 Å². The van der Waals surface area contributed by atoms with Crippen molar-refractivity contribution in [1.29, 1.82) is 0 Å². The van der Waals surface area contributed by atoms with Gasteiger partial charge < -0.3 is 5.32 Å². The van der Waals surface area contributed by atoms with Gasteiger partial charge in [0, 0.05) is 24.3 Å². The highest BCUT2D eigenvalue weighted by Gasteiger charge is 2.27. The maximum absolute atomic E-state index is 12.9. The lowest BCUT2D eigenvalue weighted by Gasteiger charge is -2.26. The van der Waals surface area contributed by atoms with Crippen LogP contribution >= 0.6 is 0 Å². The molecule has 0 unspecified atom stereocenters. The second kappa shape index (κ2) is 7.82. The quantitative estimate of drug-likeness (QED) is 0.862. The Labute approximate surface area is 161 Å². The fourth-order valence-electron chi connectivity index (χ4n) is 3.40. The van der Waals surface area contributed by atoms with Gasteiger partial charge >= 0.3 is 0 Å². The Hall–Kier alpha value is -2.18. The molecule has 1 N–H and O–H groups in total. The number of nitrogens with zero attached hydrogens (tertiary/aromatic N) is 1. The van der Waals surface area contributed by atoms with E-state index in [2.05, 4.69) is 5.32 Å². The van der Waals surface area contributed by atoms with Crippen LogP contribution in [0.3, 0.4) is 0 Å². The minimum atomic E-state index is -3.57. The molecule has 3 rings (SSSR count). The third-order valence-corrected chi connectivity index (χ3v) is 6.93. The van der Waals surface area contributed by atoms with Gasteiger partial charge in [0.2, 0.25) is 10.0 Å². The Bertz CT molecular complexity index is 961. The summed E-state index contributed by atoms with van der Waals surface area (Å²) in [5.41, 5.74) is 3.95. The van der Waals surface area contributed by atoms with Crippen molar-refractivity contribution in [2.75, 3.05) is 18.4 Å². The van der Waals surface area contributed by atoms with Gasteiger partial charge in [0.1, 0.15) is 0 Å². The van der Waals surface area contributed by atoms with Crippen LogP contribution in [0.2, 0.25) is 0 Å². The maximum Gasteiger partial charge on any atom is 0.255 e. The molecule has 0 radical (unpaired) electrons. The zero-order valence-electron chi connectivity index (χ0n) is 16.1. The average molecular weight is 387 g/mol. The molecule has 27 heavy (non-hydrogen) atoms. The van der Waals surface area contributed by atoms with E-state index < -0.39 is 10.0 Å². The van der Waals surface area contributed by atoms with Crippen LogP contribution in [0.5, 0.6) is 0 Å². The van der Waals surface area contributed by atoms with Crippen molar-refractivity contribution in [3.05, 3.63) is 58.7 Å². The SMILES string of the molecule is Cc1ccc(NC(=O)c2cc(S(=O)(=O)N3CCCCC3)ccc2C)c(C)c1. The minimum Gasteiger partial charge on any atom is -0.322 e. The lowest BCUT2D eigenvalue weighted by Crippen LogP contribution is -2.35. The third kappa shape index (κ3) is 4.22. The predicted molar refractivity (Wildman–Crippen MR) is 108 cm³/mol. The van der Waals surface area contributed by atoms with Crippen molar-refractivity contribution >= 4 is 21.6 Å². The molecule has 0 aliphatic carbocycles. The molecule has 1 aliphatic heterocycles. The first-order valence-corrected chi connectivity index (χ1v) is 10.7. The molecule has 1 fully saturated rings. The van der Waals surface area contributed by atoms with Crippen LogP contribution in [0.15, 0.2) is 41.3 Å². The summed E-state index contributed by atoms with van der Waals surface area (Å²) in [4.78, 5) is 13.0.